The zero-order chi connectivity index (χ0) is 18.5. The fraction of sp³-hybridized carbons (Fsp3) is 0.600. The highest BCUT2D eigenvalue weighted by molar-refractivity contribution is 5.76. The van der Waals surface area contributed by atoms with Crippen LogP contribution in [0.5, 0.6) is 0 Å². The van der Waals surface area contributed by atoms with Gasteiger partial charge in [0.1, 0.15) is 5.82 Å². The van der Waals surface area contributed by atoms with Gasteiger partial charge < -0.3 is 14.8 Å². The molecule has 142 valence electrons. The molecule has 0 unspecified atom stereocenters. The lowest BCUT2D eigenvalue weighted by Gasteiger charge is -2.34. The number of rotatable bonds is 6. The number of para-hydroxylation sites is 2. The van der Waals surface area contributed by atoms with Crippen molar-refractivity contribution in [3.8, 4) is 0 Å². The zero-order valence-corrected chi connectivity index (χ0v) is 16.2. The first-order valence-corrected chi connectivity index (χ1v) is 9.73. The Labute approximate surface area is 156 Å². The largest absolute Gasteiger partial charge is 0.336 e. The molecule has 1 saturated heterocycles. The molecule has 6 nitrogen and oxygen atoms in total. The SMILES string of the molecule is CC[C@@H](CNC(=O)N(C)Cc1nc2ccccc2n1C)N1CCCCC1. The Morgan fingerprint density at radius 3 is 2.69 bits per heavy atom. The summed E-state index contributed by atoms with van der Waals surface area (Å²) < 4.78 is 2.06. The van der Waals surface area contributed by atoms with Crippen LogP contribution in [-0.2, 0) is 13.6 Å². The topological polar surface area (TPSA) is 53.4 Å². The molecule has 2 heterocycles. The lowest BCUT2D eigenvalue weighted by atomic mass is 10.1. The molecule has 2 amide bonds. The summed E-state index contributed by atoms with van der Waals surface area (Å²) in [6.45, 7) is 5.72. The maximum Gasteiger partial charge on any atom is 0.317 e. The van der Waals surface area contributed by atoms with Crippen molar-refractivity contribution in [1.29, 1.82) is 0 Å². The molecule has 1 fully saturated rings. The van der Waals surface area contributed by atoms with Crippen LogP contribution in [0, 0.1) is 0 Å². The number of aryl methyl sites for hydroxylation is 1. The molecule has 0 saturated carbocycles. The van der Waals surface area contributed by atoms with E-state index in [9.17, 15) is 4.79 Å². The number of carbonyl (C=O) groups is 1. The number of hydrogen-bond donors (Lipinski definition) is 1. The Bertz CT molecular complexity index is 735. The van der Waals surface area contributed by atoms with E-state index in [4.69, 9.17) is 0 Å². The van der Waals surface area contributed by atoms with Crippen LogP contribution in [0.25, 0.3) is 11.0 Å². The number of carbonyl (C=O) groups excluding carboxylic acids is 1. The molecule has 1 atom stereocenters. The molecule has 0 spiro atoms. The van der Waals surface area contributed by atoms with Crippen LogP contribution in [0.2, 0.25) is 0 Å². The van der Waals surface area contributed by atoms with Crippen molar-refractivity contribution in [2.24, 2.45) is 7.05 Å². The van der Waals surface area contributed by atoms with Crippen molar-refractivity contribution in [2.75, 3.05) is 26.7 Å². The summed E-state index contributed by atoms with van der Waals surface area (Å²) in [4.78, 5) is 21.4. The predicted molar refractivity (Wildman–Crippen MR) is 105 cm³/mol. The molecule has 0 radical (unpaired) electrons. The monoisotopic (exact) mass is 357 g/mol. The van der Waals surface area contributed by atoms with Gasteiger partial charge in [-0.2, -0.15) is 0 Å². The molecule has 0 bridgehead atoms. The minimum Gasteiger partial charge on any atom is -0.336 e. The summed E-state index contributed by atoms with van der Waals surface area (Å²) in [6, 6.07) is 8.45. The first kappa shape index (κ1) is 18.7. The normalized spacial score (nSPS) is 16.6. The Morgan fingerprint density at radius 2 is 2.00 bits per heavy atom. The molecule has 2 aromatic rings. The van der Waals surface area contributed by atoms with Gasteiger partial charge in [-0.1, -0.05) is 25.5 Å². The smallest absolute Gasteiger partial charge is 0.317 e. The average Bonchev–Trinajstić information content (AvgIpc) is 2.99. The van der Waals surface area contributed by atoms with Gasteiger partial charge in [0.05, 0.1) is 17.6 Å². The molecule has 0 aliphatic carbocycles. The van der Waals surface area contributed by atoms with Gasteiger partial charge in [-0.05, 0) is 44.5 Å². The highest BCUT2D eigenvalue weighted by atomic mass is 16.2. The van der Waals surface area contributed by atoms with Gasteiger partial charge in [0.25, 0.3) is 0 Å². The number of urea groups is 1. The Balaban J connectivity index is 1.56. The number of amides is 2. The fourth-order valence-electron chi connectivity index (χ4n) is 3.78. The number of hydrogen-bond acceptors (Lipinski definition) is 3. The van der Waals surface area contributed by atoms with Crippen molar-refractivity contribution < 1.29 is 4.79 Å². The van der Waals surface area contributed by atoms with Gasteiger partial charge in [-0.15, -0.1) is 0 Å². The fourth-order valence-corrected chi connectivity index (χ4v) is 3.78. The molecule has 1 aliphatic heterocycles. The van der Waals surface area contributed by atoms with E-state index in [0.717, 1.165) is 36.4 Å². The van der Waals surface area contributed by atoms with E-state index in [1.54, 1.807) is 4.90 Å². The van der Waals surface area contributed by atoms with Gasteiger partial charge in [0.2, 0.25) is 0 Å². The van der Waals surface area contributed by atoms with E-state index in [1.807, 2.05) is 32.3 Å². The average molecular weight is 358 g/mol. The number of likely N-dealkylation sites (tertiary alicyclic amines) is 1. The van der Waals surface area contributed by atoms with Gasteiger partial charge >= 0.3 is 6.03 Å². The molecule has 1 aliphatic rings. The van der Waals surface area contributed by atoms with Gasteiger partial charge in [-0.25, -0.2) is 9.78 Å². The van der Waals surface area contributed by atoms with Gasteiger partial charge in [0.15, 0.2) is 0 Å². The van der Waals surface area contributed by atoms with E-state index in [0.29, 0.717) is 19.1 Å². The quantitative estimate of drug-likeness (QED) is 0.865. The summed E-state index contributed by atoms with van der Waals surface area (Å²) in [7, 11) is 3.83. The van der Waals surface area contributed by atoms with Crippen LogP contribution >= 0.6 is 0 Å². The van der Waals surface area contributed by atoms with Crippen molar-refractivity contribution in [3.05, 3.63) is 30.1 Å². The summed E-state index contributed by atoms with van der Waals surface area (Å²) in [5.74, 6) is 0.895. The molecule has 6 heteroatoms. The van der Waals surface area contributed by atoms with E-state index in [2.05, 4.69) is 32.8 Å². The van der Waals surface area contributed by atoms with E-state index >= 15 is 0 Å². The predicted octanol–water partition coefficient (Wildman–Crippen LogP) is 2.98. The molecular formula is C20H31N5O. The van der Waals surface area contributed by atoms with Crippen LogP contribution in [0.1, 0.15) is 38.4 Å². The van der Waals surface area contributed by atoms with Crippen LogP contribution < -0.4 is 5.32 Å². The van der Waals surface area contributed by atoms with Crippen LogP contribution in [0.4, 0.5) is 4.79 Å². The maximum absolute atomic E-state index is 12.5. The van der Waals surface area contributed by atoms with Gasteiger partial charge in [0, 0.05) is 26.7 Å². The Hall–Kier alpha value is -2.08. The van der Waals surface area contributed by atoms with Crippen molar-refractivity contribution in [2.45, 2.75) is 45.2 Å². The Kier molecular flexibility index (Phi) is 6.14. The van der Waals surface area contributed by atoms with Crippen molar-refractivity contribution in [1.82, 2.24) is 24.7 Å². The number of benzene rings is 1. The summed E-state index contributed by atoms with van der Waals surface area (Å²) in [5.41, 5.74) is 2.06. The maximum atomic E-state index is 12.5. The first-order valence-electron chi connectivity index (χ1n) is 9.73. The minimum absolute atomic E-state index is 0.0347. The second kappa shape index (κ2) is 8.54. The lowest BCUT2D eigenvalue weighted by molar-refractivity contribution is 0.152. The lowest BCUT2D eigenvalue weighted by Crippen LogP contribution is -2.48. The zero-order valence-electron chi connectivity index (χ0n) is 16.2. The molecule has 1 aromatic heterocycles. The number of nitrogens with one attached hydrogen (secondary N) is 1. The highest BCUT2D eigenvalue weighted by Gasteiger charge is 2.21. The number of nitrogens with zero attached hydrogens (tertiary/aromatic N) is 4. The van der Waals surface area contributed by atoms with Crippen molar-refractivity contribution >= 4 is 17.1 Å². The summed E-state index contributed by atoms with van der Waals surface area (Å²) in [5, 5.41) is 3.11. The van der Waals surface area contributed by atoms with Gasteiger partial charge in [-0.3, -0.25) is 4.90 Å². The van der Waals surface area contributed by atoms with Crippen LogP contribution in [-0.4, -0.2) is 58.1 Å². The molecule has 3 rings (SSSR count). The van der Waals surface area contributed by atoms with Crippen LogP contribution in [0.15, 0.2) is 24.3 Å². The molecule has 26 heavy (non-hydrogen) atoms. The van der Waals surface area contributed by atoms with Crippen LogP contribution in [0.3, 0.4) is 0 Å². The van der Waals surface area contributed by atoms with Crippen molar-refractivity contribution in [3.63, 3.8) is 0 Å². The number of fused-ring (bicyclic) bond motifs is 1. The third-order valence-corrected chi connectivity index (χ3v) is 5.47. The van der Waals surface area contributed by atoms with E-state index < -0.39 is 0 Å². The molecule has 1 aromatic carbocycles. The third-order valence-electron chi connectivity index (χ3n) is 5.47. The Morgan fingerprint density at radius 1 is 1.27 bits per heavy atom. The van der Waals surface area contributed by atoms with E-state index in [1.165, 1.54) is 19.3 Å². The second-order valence-electron chi connectivity index (χ2n) is 7.28. The summed E-state index contributed by atoms with van der Waals surface area (Å²) >= 11 is 0. The molecular weight excluding hydrogens is 326 g/mol. The second-order valence-corrected chi connectivity index (χ2v) is 7.28. The number of piperidine rings is 1. The standard InChI is InChI=1S/C20H31N5O/c1-4-16(25-12-8-5-9-13-25)14-21-20(26)23(2)15-19-22-17-10-6-7-11-18(17)24(19)3/h6-7,10-11,16H,4-5,8-9,12-15H2,1-3H3,(H,21,26)/t16-/m0/s1. The highest BCUT2D eigenvalue weighted by Crippen LogP contribution is 2.16. The molecule has 1 N–H and O–H groups in total. The number of aromatic nitrogens is 2. The third kappa shape index (κ3) is 4.18. The minimum atomic E-state index is -0.0347. The first-order chi connectivity index (χ1) is 12.6. The van der Waals surface area contributed by atoms with E-state index in [-0.39, 0.29) is 6.03 Å². The summed E-state index contributed by atoms with van der Waals surface area (Å²) in [6.07, 6.45) is 4.95. The number of imidazole rings is 1.